The van der Waals surface area contributed by atoms with Crippen molar-refractivity contribution in [2.75, 3.05) is 0 Å². The van der Waals surface area contributed by atoms with Crippen LogP contribution >= 0.6 is 0 Å². The summed E-state index contributed by atoms with van der Waals surface area (Å²) in [6, 6.07) is 0. The second-order valence-corrected chi connectivity index (χ2v) is 5.77. The molecule has 1 aromatic rings. The molecule has 5 nitrogen and oxygen atoms in total. The Hall–Kier alpha value is -1.39. The summed E-state index contributed by atoms with van der Waals surface area (Å²) in [6.07, 6.45) is 2.07. The van der Waals surface area contributed by atoms with Crippen LogP contribution in [0.3, 0.4) is 0 Å². The Kier molecular flexibility index (Phi) is 2.29. The molecule has 5 heteroatoms. The Morgan fingerprint density at radius 3 is 2.50 bits per heavy atom. The number of aromatic nitrogens is 3. The molecule has 0 saturated heterocycles. The summed E-state index contributed by atoms with van der Waals surface area (Å²) in [6.45, 7) is 8.11. The SMILES string of the molecule is CC1(NC(=O)c2n[nH]c(C(C)(C)C)n2)CC1. The third kappa shape index (κ3) is 2.23. The van der Waals surface area contributed by atoms with Crippen molar-refractivity contribution in [1.82, 2.24) is 20.5 Å². The zero-order valence-corrected chi connectivity index (χ0v) is 10.2. The highest BCUT2D eigenvalue weighted by Crippen LogP contribution is 2.34. The summed E-state index contributed by atoms with van der Waals surface area (Å²) in [5, 5.41) is 9.68. The van der Waals surface area contributed by atoms with Crippen molar-refractivity contribution in [2.24, 2.45) is 0 Å². The van der Waals surface area contributed by atoms with Crippen LogP contribution in [0.4, 0.5) is 0 Å². The standard InChI is InChI=1S/C11H18N4O/c1-10(2,3)9-12-7(14-15-9)8(16)13-11(4)5-6-11/h5-6H2,1-4H3,(H,13,16)(H,12,14,15). The minimum atomic E-state index is -0.188. The van der Waals surface area contributed by atoms with Crippen LogP contribution < -0.4 is 5.32 Å². The Balaban J connectivity index is 2.09. The molecule has 0 radical (unpaired) electrons. The molecule has 0 bridgehead atoms. The van der Waals surface area contributed by atoms with Gasteiger partial charge in [0, 0.05) is 11.0 Å². The molecular weight excluding hydrogens is 204 g/mol. The highest BCUT2D eigenvalue weighted by Gasteiger charge is 2.39. The molecule has 16 heavy (non-hydrogen) atoms. The molecule has 88 valence electrons. The number of H-pyrrole nitrogens is 1. The first-order chi connectivity index (χ1) is 7.30. The van der Waals surface area contributed by atoms with Gasteiger partial charge in [-0.3, -0.25) is 9.89 Å². The number of nitrogens with zero attached hydrogens (tertiary/aromatic N) is 2. The van der Waals surface area contributed by atoms with Crippen molar-refractivity contribution in [2.45, 2.75) is 51.5 Å². The molecule has 2 N–H and O–H groups in total. The lowest BCUT2D eigenvalue weighted by Gasteiger charge is -2.13. The van der Waals surface area contributed by atoms with E-state index in [4.69, 9.17) is 0 Å². The third-order valence-electron chi connectivity index (χ3n) is 2.81. The van der Waals surface area contributed by atoms with Gasteiger partial charge in [-0.25, -0.2) is 4.98 Å². The molecular formula is C11H18N4O. The number of hydrogen-bond donors (Lipinski definition) is 2. The fourth-order valence-electron chi connectivity index (χ4n) is 1.34. The number of amides is 1. The van der Waals surface area contributed by atoms with Crippen molar-refractivity contribution >= 4 is 5.91 Å². The fourth-order valence-corrected chi connectivity index (χ4v) is 1.34. The Labute approximate surface area is 95.0 Å². The highest BCUT2D eigenvalue weighted by atomic mass is 16.2. The Morgan fingerprint density at radius 1 is 1.44 bits per heavy atom. The maximum absolute atomic E-state index is 11.8. The molecule has 0 atom stereocenters. The van der Waals surface area contributed by atoms with E-state index in [0.717, 1.165) is 18.7 Å². The van der Waals surface area contributed by atoms with Crippen LogP contribution in [0.25, 0.3) is 0 Å². The van der Waals surface area contributed by atoms with Gasteiger partial charge in [0.05, 0.1) is 0 Å². The molecule has 0 aliphatic heterocycles. The van der Waals surface area contributed by atoms with Crippen LogP contribution in [0.1, 0.15) is 57.0 Å². The summed E-state index contributed by atoms with van der Waals surface area (Å²) < 4.78 is 0. The van der Waals surface area contributed by atoms with E-state index in [-0.39, 0.29) is 22.7 Å². The smallest absolute Gasteiger partial charge is 0.291 e. The van der Waals surface area contributed by atoms with Crippen molar-refractivity contribution in [3.05, 3.63) is 11.6 Å². The first-order valence-corrected chi connectivity index (χ1v) is 5.56. The number of nitrogens with one attached hydrogen (secondary N) is 2. The van der Waals surface area contributed by atoms with E-state index in [1.54, 1.807) is 0 Å². The van der Waals surface area contributed by atoms with Crippen molar-refractivity contribution in [3.8, 4) is 0 Å². The van der Waals surface area contributed by atoms with Gasteiger partial charge < -0.3 is 5.32 Å². The minimum absolute atomic E-state index is 0.0282. The van der Waals surface area contributed by atoms with E-state index in [1.807, 2.05) is 27.7 Å². The number of hydrogen-bond acceptors (Lipinski definition) is 3. The lowest BCUT2D eigenvalue weighted by Crippen LogP contribution is -2.34. The monoisotopic (exact) mass is 222 g/mol. The molecule has 2 rings (SSSR count). The van der Waals surface area contributed by atoms with Crippen molar-refractivity contribution < 1.29 is 4.79 Å². The summed E-state index contributed by atoms with van der Waals surface area (Å²) in [5.41, 5.74) is -0.144. The predicted octanol–water partition coefficient (Wildman–Crippen LogP) is 1.38. The van der Waals surface area contributed by atoms with Crippen LogP contribution in [-0.4, -0.2) is 26.6 Å². The maximum atomic E-state index is 11.8. The first kappa shape index (κ1) is 11.1. The molecule has 1 aliphatic rings. The Bertz CT molecular complexity index is 412. The molecule has 1 aliphatic carbocycles. The van der Waals surface area contributed by atoms with Gasteiger partial charge in [0.15, 0.2) is 0 Å². The highest BCUT2D eigenvalue weighted by molar-refractivity contribution is 5.91. The normalized spacial score (nSPS) is 18.2. The van der Waals surface area contributed by atoms with E-state index < -0.39 is 0 Å². The quantitative estimate of drug-likeness (QED) is 0.794. The van der Waals surface area contributed by atoms with Crippen LogP contribution in [0.5, 0.6) is 0 Å². The van der Waals surface area contributed by atoms with Crippen molar-refractivity contribution in [3.63, 3.8) is 0 Å². The van der Waals surface area contributed by atoms with Gasteiger partial charge >= 0.3 is 0 Å². The van der Waals surface area contributed by atoms with E-state index in [9.17, 15) is 4.79 Å². The van der Waals surface area contributed by atoms with Gasteiger partial charge in [0.25, 0.3) is 5.91 Å². The van der Waals surface area contributed by atoms with Gasteiger partial charge in [0.1, 0.15) is 5.82 Å². The van der Waals surface area contributed by atoms with E-state index in [1.165, 1.54) is 0 Å². The van der Waals surface area contributed by atoms with Gasteiger partial charge in [0.2, 0.25) is 5.82 Å². The molecule has 1 saturated carbocycles. The number of aromatic amines is 1. The second kappa shape index (κ2) is 3.30. The summed E-state index contributed by atoms with van der Waals surface area (Å²) in [7, 11) is 0. The largest absolute Gasteiger partial charge is 0.344 e. The van der Waals surface area contributed by atoms with E-state index in [2.05, 4.69) is 20.5 Å². The van der Waals surface area contributed by atoms with Crippen molar-refractivity contribution in [1.29, 1.82) is 0 Å². The van der Waals surface area contributed by atoms with Gasteiger partial charge in [-0.2, -0.15) is 0 Å². The maximum Gasteiger partial charge on any atom is 0.291 e. The Morgan fingerprint density at radius 2 is 2.06 bits per heavy atom. The van der Waals surface area contributed by atoms with E-state index >= 15 is 0 Å². The van der Waals surface area contributed by atoms with Crippen LogP contribution in [0.2, 0.25) is 0 Å². The van der Waals surface area contributed by atoms with E-state index in [0.29, 0.717) is 0 Å². The van der Waals surface area contributed by atoms with Gasteiger partial charge in [-0.05, 0) is 19.8 Å². The molecule has 0 aromatic carbocycles. The predicted molar refractivity (Wildman–Crippen MR) is 60.2 cm³/mol. The van der Waals surface area contributed by atoms with Crippen LogP contribution in [0, 0.1) is 0 Å². The molecule has 1 amide bonds. The topological polar surface area (TPSA) is 70.7 Å². The van der Waals surface area contributed by atoms with Gasteiger partial charge in [-0.1, -0.05) is 20.8 Å². The third-order valence-corrected chi connectivity index (χ3v) is 2.81. The molecule has 0 unspecified atom stereocenters. The number of carbonyl (C=O) groups excluding carboxylic acids is 1. The second-order valence-electron chi connectivity index (χ2n) is 5.77. The lowest BCUT2D eigenvalue weighted by molar-refractivity contribution is 0.0925. The zero-order valence-electron chi connectivity index (χ0n) is 10.2. The van der Waals surface area contributed by atoms with Gasteiger partial charge in [-0.15, -0.1) is 5.10 Å². The average Bonchev–Trinajstić information content (AvgIpc) is 2.68. The zero-order chi connectivity index (χ0) is 12.0. The molecule has 1 aromatic heterocycles. The average molecular weight is 222 g/mol. The lowest BCUT2D eigenvalue weighted by atomic mass is 9.96. The van der Waals surface area contributed by atoms with Crippen LogP contribution in [0.15, 0.2) is 0 Å². The number of carbonyl (C=O) groups is 1. The minimum Gasteiger partial charge on any atom is -0.344 e. The molecule has 0 spiro atoms. The first-order valence-electron chi connectivity index (χ1n) is 5.56. The summed E-state index contributed by atoms with van der Waals surface area (Å²) in [5.74, 6) is 0.781. The molecule has 1 heterocycles. The molecule has 1 fully saturated rings. The fraction of sp³-hybridized carbons (Fsp3) is 0.727. The number of rotatable bonds is 2. The summed E-state index contributed by atoms with van der Waals surface area (Å²) >= 11 is 0. The summed E-state index contributed by atoms with van der Waals surface area (Å²) in [4.78, 5) is 16.0. The van der Waals surface area contributed by atoms with Crippen LogP contribution in [-0.2, 0) is 5.41 Å².